The predicted molar refractivity (Wildman–Crippen MR) is 62.7 cm³/mol. The summed E-state index contributed by atoms with van der Waals surface area (Å²) in [4.78, 5) is 0. The summed E-state index contributed by atoms with van der Waals surface area (Å²) in [7, 11) is 0. The van der Waals surface area contributed by atoms with E-state index in [1.807, 2.05) is 0 Å². The highest BCUT2D eigenvalue weighted by atomic mass is 16.5. The van der Waals surface area contributed by atoms with Crippen molar-refractivity contribution in [3.05, 3.63) is 0 Å². The van der Waals surface area contributed by atoms with Crippen LogP contribution in [0.15, 0.2) is 0 Å². The third-order valence-corrected chi connectivity index (χ3v) is 4.17. The quantitative estimate of drug-likeness (QED) is 0.779. The van der Waals surface area contributed by atoms with Crippen molar-refractivity contribution < 1.29 is 4.74 Å². The van der Waals surface area contributed by atoms with Crippen LogP contribution in [0.4, 0.5) is 0 Å². The Kier molecular flexibility index (Phi) is 4.45. The van der Waals surface area contributed by atoms with Gasteiger partial charge in [0.15, 0.2) is 0 Å². The van der Waals surface area contributed by atoms with E-state index in [1.54, 1.807) is 0 Å². The van der Waals surface area contributed by atoms with Crippen LogP contribution in [0.1, 0.15) is 51.4 Å². The Morgan fingerprint density at radius 1 is 1.00 bits per heavy atom. The first-order valence-corrected chi connectivity index (χ1v) is 6.72. The van der Waals surface area contributed by atoms with Crippen LogP contribution in [0, 0.1) is 11.8 Å². The Morgan fingerprint density at radius 2 is 1.80 bits per heavy atom. The average molecular weight is 211 g/mol. The zero-order chi connectivity index (χ0) is 10.5. The molecule has 0 aromatic rings. The molecule has 1 aliphatic heterocycles. The fourth-order valence-corrected chi connectivity index (χ4v) is 3.18. The first-order chi connectivity index (χ1) is 7.40. The lowest BCUT2D eigenvalue weighted by Gasteiger charge is -2.34. The first-order valence-electron chi connectivity index (χ1n) is 6.72. The summed E-state index contributed by atoms with van der Waals surface area (Å²) in [6.45, 7) is 1.78. The first kappa shape index (κ1) is 11.4. The summed E-state index contributed by atoms with van der Waals surface area (Å²) in [6.07, 6.45) is 11.4. The molecule has 1 saturated heterocycles. The van der Waals surface area contributed by atoms with E-state index in [0.717, 1.165) is 19.1 Å². The van der Waals surface area contributed by atoms with Crippen LogP contribution in [-0.4, -0.2) is 19.3 Å². The van der Waals surface area contributed by atoms with Gasteiger partial charge < -0.3 is 10.5 Å². The number of nitrogens with two attached hydrogens (primary N) is 1. The van der Waals surface area contributed by atoms with Crippen LogP contribution in [0.5, 0.6) is 0 Å². The molecule has 2 unspecified atom stereocenters. The smallest absolute Gasteiger partial charge is 0.0617 e. The van der Waals surface area contributed by atoms with E-state index >= 15 is 0 Å². The van der Waals surface area contributed by atoms with Gasteiger partial charge in [0.1, 0.15) is 0 Å². The van der Waals surface area contributed by atoms with E-state index in [0.29, 0.717) is 12.0 Å². The molecule has 0 bridgehead atoms. The van der Waals surface area contributed by atoms with Crippen molar-refractivity contribution >= 4 is 0 Å². The Labute approximate surface area is 93.6 Å². The van der Waals surface area contributed by atoms with Crippen molar-refractivity contribution in [1.82, 2.24) is 0 Å². The standard InChI is InChI=1S/C13H25NO/c14-10-12-7-4-8-15-13(12)9-11-5-2-1-3-6-11/h11-13H,1-10,14H2. The minimum atomic E-state index is 0.479. The molecule has 2 aliphatic rings. The van der Waals surface area contributed by atoms with Crippen LogP contribution in [0.3, 0.4) is 0 Å². The van der Waals surface area contributed by atoms with Crippen molar-refractivity contribution in [2.45, 2.75) is 57.5 Å². The normalized spacial score (nSPS) is 34.2. The number of hydrogen-bond acceptors (Lipinski definition) is 2. The second-order valence-corrected chi connectivity index (χ2v) is 5.29. The molecule has 2 rings (SSSR count). The van der Waals surface area contributed by atoms with Gasteiger partial charge in [-0.1, -0.05) is 32.1 Å². The van der Waals surface area contributed by atoms with Crippen LogP contribution >= 0.6 is 0 Å². The van der Waals surface area contributed by atoms with Gasteiger partial charge in [0, 0.05) is 6.61 Å². The summed E-state index contributed by atoms with van der Waals surface area (Å²) >= 11 is 0. The van der Waals surface area contributed by atoms with E-state index < -0.39 is 0 Å². The maximum atomic E-state index is 5.90. The maximum Gasteiger partial charge on any atom is 0.0617 e. The van der Waals surface area contributed by atoms with Gasteiger partial charge in [0.2, 0.25) is 0 Å². The van der Waals surface area contributed by atoms with E-state index in [9.17, 15) is 0 Å². The van der Waals surface area contributed by atoms with Gasteiger partial charge >= 0.3 is 0 Å². The molecule has 0 amide bonds. The zero-order valence-electron chi connectivity index (χ0n) is 9.79. The fourth-order valence-electron chi connectivity index (χ4n) is 3.18. The number of rotatable bonds is 3. The van der Waals surface area contributed by atoms with Gasteiger partial charge in [-0.2, -0.15) is 0 Å². The van der Waals surface area contributed by atoms with Gasteiger partial charge in [0.25, 0.3) is 0 Å². The fraction of sp³-hybridized carbons (Fsp3) is 1.00. The minimum absolute atomic E-state index is 0.479. The molecule has 88 valence electrons. The lowest BCUT2D eigenvalue weighted by atomic mass is 9.81. The van der Waals surface area contributed by atoms with E-state index in [2.05, 4.69) is 0 Å². The molecule has 2 atom stereocenters. The van der Waals surface area contributed by atoms with E-state index in [-0.39, 0.29) is 0 Å². The monoisotopic (exact) mass is 211 g/mol. The Hall–Kier alpha value is -0.0800. The molecule has 0 radical (unpaired) electrons. The van der Waals surface area contributed by atoms with Crippen molar-refractivity contribution in [2.75, 3.05) is 13.2 Å². The highest BCUT2D eigenvalue weighted by molar-refractivity contribution is 4.79. The Bertz CT molecular complexity index is 177. The minimum Gasteiger partial charge on any atom is -0.378 e. The van der Waals surface area contributed by atoms with Crippen molar-refractivity contribution in [3.63, 3.8) is 0 Å². The Balaban J connectivity index is 1.79. The van der Waals surface area contributed by atoms with Crippen molar-refractivity contribution in [1.29, 1.82) is 0 Å². The van der Waals surface area contributed by atoms with Crippen molar-refractivity contribution in [2.24, 2.45) is 17.6 Å². The number of ether oxygens (including phenoxy) is 1. The highest BCUT2D eigenvalue weighted by Crippen LogP contribution is 2.32. The molecule has 2 fully saturated rings. The average Bonchev–Trinajstić information content (AvgIpc) is 2.31. The molecule has 1 aliphatic carbocycles. The lowest BCUT2D eigenvalue weighted by Crippen LogP contribution is -2.36. The highest BCUT2D eigenvalue weighted by Gasteiger charge is 2.27. The largest absolute Gasteiger partial charge is 0.378 e. The van der Waals surface area contributed by atoms with E-state index in [1.165, 1.54) is 51.4 Å². The summed E-state index contributed by atoms with van der Waals surface area (Å²) in [5.41, 5.74) is 5.82. The maximum absolute atomic E-state index is 5.90. The van der Waals surface area contributed by atoms with Gasteiger partial charge in [-0.3, -0.25) is 0 Å². The summed E-state index contributed by atoms with van der Waals surface area (Å²) in [5, 5.41) is 0. The Morgan fingerprint density at radius 3 is 2.53 bits per heavy atom. The van der Waals surface area contributed by atoms with Crippen LogP contribution in [0.2, 0.25) is 0 Å². The molecular weight excluding hydrogens is 186 g/mol. The lowest BCUT2D eigenvalue weighted by molar-refractivity contribution is -0.0387. The van der Waals surface area contributed by atoms with Gasteiger partial charge in [-0.25, -0.2) is 0 Å². The molecule has 0 aromatic heterocycles. The molecule has 2 nitrogen and oxygen atoms in total. The summed E-state index contributed by atoms with van der Waals surface area (Å²) in [5.74, 6) is 1.57. The van der Waals surface area contributed by atoms with Crippen LogP contribution in [0.25, 0.3) is 0 Å². The molecule has 0 spiro atoms. The molecule has 15 heavy (non-hydrogen) atoms. The van der Waals surface area contributed by atoms with Crippen LogP contribution < -0.4 is 5.73 Å². The second-order valence-electron chi connectivity index (χ2n) is 5.29. The van der Waals surface area contributed by atoms with Crippen LogP contribution in [-0.2, 0) is 4.74 Å². The summed E-state index contributed by atoms with van der Waals surface area (Å²) in [6, 6.07) is 0. The summed E-state index contributed by atoms with van der Waals surface area (Å²) < 4.78 is 5.90. The van der Waals surface area contributed by atoms with Gasteiger partial charge in [-0.05, 0) is 37.6 Å². The third-order valence-electron chi connectivity index (χ3n) is 4.17. The zero-order valence-corrected chi connectivity index (χ0v) is 9.79. The topological polar surface area (TPSA) is 35.2 Å². The molecule has 2 N–H and O–H groups in total. The SMILES string of the molecule is NCC1CCCOC1CC1CCCCC1. The molecule has 1 heterocycles. The molecule has 2 heteroatoms. The number of hydrogen-bond donors (Lipinski definition) is 1. The second kappa shape index (κ2) is 5.86. The third kappa shape index (κ3) is 3.18. The molecule has 1 saturated carbocycles. The predicted octanol–water partition coefficient (Wildman–Crippen LogP) is 2.71. The van der Waals surface area contributed by atoms with Gasteiger partial charge in [0.05, 0.1) is 6.10 Å². The van der Waals surface area contributed by atoms with Crippen molar-refractivity contribution in [3.8, 4) is 0 Å². The molecule has 0 aromatic carbocycles. The van der Waals surface area contributed by atoms with Gasteiger partial charge in [-0.15, -0.1) is 0 Å². The van der Waals surface area contributed by atoms with E-state index in [4.69, 9.17) is 10.5 Å². The molecular formula is C13H25NO.